The molecular formula is C11H20N4S. The molecule has 0 spiro atoms. The maximum atomic E-state index is 5.67. The summed E-state index contributed by atoms with van der Waals surface area (Å²) in [6.07, 6.45) is 3.88. The Kier molecular flexibility index (Phi) is 3.42. The third-order valence-electron chi connectivity index (χ3n) is 3.69. The van der Waals surface area contributed by atoms with Crippen LogP contribution < -0.4 is 5.73 Å². The average molecular weight is 240 g/mol. The molecule has 1 fully saturated rings. The molecule has 1 aromatic rings. The predicted octanol–water partition coefficient (Wildman–Crippen LogP) is 2.31. The fraction of sp³-hybridized carbons (Fsp3) is 0.818. The van der Waals surface area contributed by atoms with Gasteiger partial charge >= 0.3 is 0 Å². The second-order valence-corrected chi connectivity index (χ2v) is 6.17. The van der Waals surface area contributed by atoms with Crippen LogP contribution in [0.5, 0.6) is 0 Å². The van der Waals surface area contributed by atoms with Crippen LogP contribution in [0.1, 0.15) is 33.1 Å². The van der Waals surface area contributed by atoms with Crippen molar-refractivity contribution in [2.45, 2.75) is 43.5 Å². The van der Waals surface area contributed by atoms with Crippen LogP contribution in [0.4, 0.5) is 5.95 Å². The molecule has 1 heterocycles. The Morgan fingerprint density at radius 2 is 2.00 bits per heavy atom. The monoisotopic (exact) mass is 240 g/mol. The summed E-state index contributed by atoms with van der Waals surface area (Å²) in [6, 6.07) is 0. The Labute approximate surface area is 101 Å². The van der Waals surface area contributed by atoms with Crippen LogP contribution in [0.25, 0.3) is 0 Å². The summed E-state index contributed by atoms with van der Waals surface area (Å²) in [4.78, 5) is 0. The number of nitrogen functional groups attached to an aromatic ring is 1. The van der Waals surface area contributed by atoms with Gasteiger partial charge in [0.15, 0.2) is 5.16 Å². The second-order valence-electron chi connectivity index (χ2n) is 4.91. The van der Waals surface area contributed by atoms with E-state index >= 15 is 0 Å². The van der Waals surface area contributed by atoms with E-state index in [1.165, 1.54) is 19.3 Å². The van der Waals surface area contributed by atoms with E-state index in [4.69, 9.17) is 5.73 Å². The number of nitrogens with two attached hydrogens (primary N) is 1. The van der Waals surface area contributed by atoms with Crippen molar-refractivity contribution >= 4 is 17.7 Å². The van der Waals surface area contributed by atoms with Crippen LogP contribution in [0.2, 0.25) is 0 Å². The Bertz CT molecular complexity index is 363. The Morgan fingerprint density at radius 1 is 1.25 bits per heavy atom. The average Bonchev–Trinajstić information content (AvgIpc) is 2.55. The molecule has 0 aromatic carbocycles. The third kappa shape index (κ3) is 2.34. The highest BCUT2D eigenvalue weighted by molar-refractivity contribution is 7.99. The van der Waals surface area contributed by atoms with E-state index < -0.39 is 0 Å². The smallest absolute Gasteiger partial charge is 0.222 e. The van der Waals surface area contributed by atoms with Gasteiger partial charge < -0.3 is 5.73 Å². The highest BCUT2D eigenvalue weighted by Gasteiger charge is 2.26. The molecule has 1 aliphatic rings. The van der Waals surface area contributed by atoms with Gasteiger partial charge in [0.2, 0.25) is 5.95 Å². The van der Waals surface area contributed by atoms with Gasteiger partial charge in [0.25, 0.3) is 0 Å². The minimum Gasteiger partial charge on any atom is -0.368 e. The first kappa shape index (κ1) is 11.8. The van der Waals surface area contributed by atoms with E-state index in [9.17, 15) is 0 Å². The fourth-order valence-corrected chi connectivity index (χ4v) is 3.47. The molecule has 16 heavy (non-hydrogen) atoms. The van der Waals surface area contributed by atoms with Crippen molar-refractivity contribution in [3.05, 3.63) is 0 Å². The number of aromatic nitrogens is 3. The van der Waals surface area contributed by atoms with Crippen LogP contribution in [0.3, 0.4) is 0 Å². The van der Waals surface area contributed by atoms with Gasteiger partial charge in [-0.25, -0.2) is 0 Å². The molecular weight excluding hydrogens is 220 g/mol. The number of hydrogen-bond acceptors (Lipinski definition) is 4. The molecule has 3 atom stereocenters. The number of hydrogen-bond donors (Lipinski definition) is 1. The predicted molar refractivity (Wildman–Crippen MR) is 67.2 cm³/mol. The Morgan fingerprint density at radius 3 is 2.56 bits per heavy atom. The van der Waals surface area contributed by atoms with Gasteiger partial charge in [0.1, 0.15) is 0 Å². The summed E-state index contributed by atoms with van der Waals surface area (Å²) < 4.78 is 1.87. The van der Waals surface area contributed by atoms with Crippen molar-refractivity contribution < 1.29 is 0 Å². The van der Waals surface area contributed by atoms with Gasteiger partial charge in [-0.1, -0.05) is 25.6 Å². The molecule has 0 bridgehead atoms. The first-order chi connectivity index (χ1) is 7.58. The van der Waals surface area contributed by atoms with E-state index in [0.717, 1.165) is 17.0 Å². The normalized spacial score (nSPS) is 30.6. The summed E-state index contributed by atoms with van der Waals surface area (Å²) in [5, 5.41) is 9.61. The van der Waals surface area contributed by atoms with Crippen molar-refractivity contribution in [3.8, 4) is 0 Å². The molecule has 0 amide bonds. The maximum absolute atomic E-state index is 5.67. The molecule has 1 aliphatic carbocycles. The zero-order valence-corrected chi connectivity index (χ0v) is 11.0. The highest BCUT2D eigenvalue weighted by atomic mass is 32.2. The van der Waals surface area contributed by atoms with Crippen LogP contribution in [0, 0.1) is 11.8 Å². The van der Waals surface area contributed by atoms with E-state index in [0.29, 0.717) is 11.2 Å². The molecule has 1 saturated carbocycles. The molecule has 2 rings (SSSR count). The Balaban J connectivity index is 1.98. The zero-order chi connectivity index (χ0) is 11.7. The summed E-state index contributed by atoms with van der Waals surface area (Å²) in [7, 11) is 1.92. The van der Waals surface area contributed by atoms with Gasteiger partial charge in [0.05, 0.1) is 0 Å². The summed E-state index contributed by atoms with van der Waals surface area (Å²) in [5.74, 6) is 2.18. The SMILES string of the molecule is CC1CCC(Sc2nnc(N)n2C)CC1C. The topological polar surface area (TPSA) is 56.7 Å². The Hall–Kier alpha value is -0.710. The van der Waals surface area contributed by atoms with Gasteiger partial charge in [0, 0.05) is 12.3 Å². The van der Waals surface area contributed by atoms with Gasteiger partial charge in [-0.15, -0.1) is 10.2 Å². The molecule has 90 valence electrons. The third-order valence-corrected chi connectivity index (χ3v) is 5.02. The maximum Gasteiger partial charge on any atom is 0.222 e. The minimum absolute atomic E-state index is 0.500. The standard InChI is InChI=1S/C11H20N4S/c1-7-4-5-9(6-8(7)2)16-11-14-13-10(12)15(11)3/h7-9H,4-6H2,1-3H3,(H2,12,13). The first-order valence-corrected chi connectivity index (χ1v) is 6.77. The number of thioether (sulfide) groups is 1. The number of rotatable bonds is 2. The fourth-order valence-electron chi connectivity index (χ4n) is 2.18. The van der Waals surface area contributed by atoms with E-state index in [1.54, 1.807) is 0 Å². The van der Waals surface area contributed by atoms with Crippen LogP contribution in [-0.4, -0.2) is 20.0 Å². The van der Waals surface area contributed by atoms with Gasteiger partial charge in [-0.3, -0.25) is 4.57 Å². The molecule has 5 heteroatoms. The van der Waals surface area contributed by atoms with Gasteiger partial charge in [-0.2, -0.15) is 0 Å². The van der Waals surface area contributed by atoms with Crippen molar-refractivity contribution in [1.29, 1.82) is 0 Å². The number of nitrogens with zero attached hydrogens (tertiary/aromatic N) is 3. The van der Waals surface area contributed by atoms with Crippen molar-refractivity contribution in [3.63, 3.8) is 0 Å². The summed E-state index contributed by atoms with van der Waals surface area (Å²) in [5.41, 5.74) is 5.67. The molecule has 0 saturated heterocycles. The van der Waals surface area contributed by atoms with E-state index in [2.05, 4.69) is 24.0 Å². The lowest BCUT2D eigenvalue weighted by molar-refractivity contribution is 0.283. The van der Waals surface area contributed by atoms with E-state index in [-0.39, 0.29) is 0 Å². The molecule has 0 radical (unpaired) electrons. The van der Waals surface area contributed by atoms with E-state index in [1.807, 2.05) is 23.4 Å². The van der Waals surface area contributed by atoms with Crippen LogP contribution in [-0.2, 0) is 7.05 Å². The van der Waals surface area contributed by atoms with Crippen molar-refractivity contribution in [2.75, 3.05) is 5.73 Å². The highest BCUT2D eigenvalue weighted by Crippen LogP contribution is 2.38. The van der Waals surface area contributed by atoms with Gasteiger partial charge in [-0.05, 0) is 31.1 Å². The molecule has 3 unspecified atom stereocenters. The lowest BCUT2D eigenvalue weighted by Crippen LogP contribution is -2.22. The summed E-state index contributed by atoms with van der Waals surface area (Å²) in [6.45, 7) is 4.70. The lowest BCUT2D eigenvalue weighted by Gasteiger charge is -2.31. The first-order valence-electron chi connectivity index (χ1n) is 5.89. The second kappa shape index (κ2) is 4.65. The van der Waals surface area contributed by atoms with Crippen LogP contribution in [0.15, 0.2) is 5.16 Å². The van der Waals surface area contributed by atoms with Crippen molar-refractivity contribution in [2.24, 2.45) is 18.9 Å². The van der Waals surface area contributed by atoms with Crippen LogP contribution >= 0.6 is 11.8 Å². The summed E-state index contributed by atoms with van der Waals surface area (Å²) >= 11 is 1.83. The number of anilines is 1. The molecule has 2 N–H and O–H groups in total. The largest absolute Gasteiger partial charge is 0.368 e. The molecule has 0 aliphatic heterocycles. The molecule has 4 nitrogen and oxygen atoms in total. The molecule has 1 aromatic heterocycles. The minimum atomic E-state index is 0.500. The lowest BCUT2D eigenvalue weighted by atomic mass is 9.81. The quantitative estimate of drug-likeness (QED) is 0.862. The zero-order valence-electron chi connectivity index (χ0n) is 10.2. The van der Waals surface area contributed by atoms with Crippen molar-refractivity contribution in [1.82, 2.24) is 14.8 Å².